The molecular weight excluding hydrogens is 210 g/mol. The predicted octanol–water partition coefficient (Wildman–Crippen LogP) is 3.86. The van der Waals surface area contributed by atoms with Crippen LogP contribution in [0.25, 0.3) is 0 Å². The monoisotopic (exact) mass is 239 g/mol. The van der Waals surface area contributed by atoms with Crippen molar-refractivity contribution in [3.63, 3.8) is 0 Å². The molecule has 0 rings (SSSR count). The van der Waals surface area contributed by atoms with Gasteiger partial charge in [0.05, 0.1) is 0 Å². The Bertz CT molecular complexity index is 212. The first-order valence-corrected chi connectivity index (χ1v) is 6.94. The maximum Gasteiger partial charge on any atom is 0.0419 e. The van der Waals surface area contributed by atoms with Crippen LogP contribution in [0.5, 0.6) is 0 Å². The van der Waals surface area contributed by atoms with Gasteiger partial charge in [-0.2, -0.15) is 5.10 Å². The zero-order chi connectivity index (χ0) is 12.9. The van der Waals surface area contributed by atoms with Crippen molar-refractivity contribution < 1.29 is 0 Å². The quantitative estimate of drug-likeness (QED) is 0.338. The summed E-state index contributed by atoms with van der Waals surface area (Å²) >= 11 is 0. The largest absolute Gasteiger partial charge is 0.401 e. The first-order chi connectivity index (χ1) is 8.24. The lowest BCUT2D eigenvalue weighted by molar-refractivity contribution is 0.381. The summed E-state index contributed by atoms with van der Waals surface area (Å²) in [5, 5.41) is 5.85. The van der Waals surface area contributed by atoms with Crippen LogP contribution in [-0.4, -0.2) is 18.3 Å². The van der Waals surface area contributed by atoms with Crippen molar-refractivity contribution in [1.29, 1.82) is 0 Å². The maximum atomic E-state index is 5.95. The maximum absolute atomic E-state index is 5.95. The standard InChI is InChI=1S/C14H29N3/c1-4-6-8-10-12-17(16-3)13-14(15)11-9-7-5-2/h13H,3-12,15H2,1-2H3/b14-13-. The van der Waals surface area contributed by atoms with E-state index >= 15 is 0 Å². The van der Waals surface area contributed by atoms with E-state index in [1.165, 1.54) is 38.5 Å². The van der Waals surface area contributed by atoms with Gasteiger partial charge in [0.25, 0.3) is 0 Å². The molecule has 17 heavy (non-hydrogen) atoms. The molecule has 0 fully saturated rings. The summed E-state index contributed by atoms with van der Waals surface area (Å²) in [7, 11) is 0. The van der Waals surface area contributed by atoms with E-state index in [9.17, 15) is 0 Å². The highest BCUT2D eigenvalue weighted by atomic mass is 15.4. The molecule has 0 aromatic rings. The van der Waals surface area contributed by atoms with Crippen LogP contribution in [0.3, 0.4) is 0 Å². The van der Waals surface area contributed by atoms with Crippen molar-refractivity contribution >= 4 is 6.72 Å². The zero-order valence-corrected chi connectivity index (χ0v) is 11.6. The molecule has 2 N–H and O–H groups in total. The number of nitrogens with zero attached hydrogens (tertiary/aromatic N) is 2. The first-order valence-electron chi connectivity index (χ1n) is 6.94. The average molecular weight is 239 g/mol. The molecule has 0 aliphatic rings. The molecule has 0 heterocycles. The van der Waals surface area contributed by atoms with E-state index in [2.05, 4.69) is 25.7 Å². The van der Waals surface area contributed by atoms with Crippen LogP contribution in [-0.2, 0) is 0 Å². The van der Waals surface area contributed by atoms with Crippen LogP contribution >= 0.6 is 0 Å². The smallest absolute Gasteiger partial charge is 0.0419 e. The van der Waals surface area contributed by atoms with E-state index in [-0.39, 0.29) is 0 Å². The highest BCUT2D eigenvalue weighted by Crippen LogP contribution is 2.07. The number of hydrogen-bond acceptors (Lipinski definition) is 3. The van der Waals surface area contributed by atoms with Gasteiger partial charge in [-0.3, -0.25) is 5.01 Å². The lowest BCUT2D eigenvalue weighted by Gasteiger charge is -2.14. The number of hydrogen-bond donors (Lipinski definition) is 1. The van der Waals surface area contributed by atoms with Gasteiger partial charge in [-0.15, -0.1) is 0 Å². The number of hydrazone groups is 1. The minimum Gasteiger partial charge on any atom is -0.401 e. The summed E-state index contributed by atoms with van der Waals surface area (Å²) in [5.41, 5.74) is 6.87. The highest BCUT2D eigenvalue weighted by molar-refractivity contribution is 5.23. The molecule has 0 bridgehead atoms. The van der Waals surface area contributed by atoms with E-state index < -0.39 is 0 Å². The third-order valence-corrected chi connectivity index (χ3v) is 2.81. The molecule has 3 nitrogen and oxygen atoms in total. The molecule has 100 valence electrons. The van der Waals surface area contributed by atoms with Crippen molar-refractivity contribution in [2.45, 2.75) is 65.2 Å². The molecule has 0 atom stereocenters. The molecular formula is C14H29N3. The summed E-state index contributed by atoms with van der Waals surface area (Å²) in [6.07, 6.45) is 11.5. The topological polar surface area (TPSA) is 41.6 Å². The van der Waals surface area contributed by atoms with Gasteiger partial charge in [0.15, 0.2) is 0 Å². The van der Waals surface area contributed by atoms with Crippen LogP contribution in [0.2, 0.25) is 0 Å². The third kappa shape index (κ3) is 9.91. The van der Waals surface area contributed by atoms with Gasteiger partial charge in [0.2, 0.25) is 0 Å². The fraction of sp³-hybridized carbons (Fsp3) is 0.786. The molecule has 0 amide bonds. The molecule has 0 aromatic carbocycles. The summed E-state index contributed by atoms with van der Waals surface area (Å²) < 4.78 is 0. The molecule has 0 aromatic heterocycles. The van der Waals surface area contributed by atoms with Gasteiger partial charge >= 0.3 is 0 Å². The van der Waals surface area contributed by atoms with Crippen molar-refractivity contribution in [3.05, 3.63) is 11.9 Å². The molecule has 0 aliphatic carbocycles. The van der Waals surface area contributed by atoms with Gasteiger partial charge in [-0.1, -0.05) is 46.0 Å². The molecule has 3 heteroatoms. The van der Waals surface area contributed by atoms with Crippen LogP contribution < -0.4 is 5.73 Å². The Balaban J connectivity index is 3.83. The lowest BCUT2D eigenvalue weighted by atomic mass is 10.2. The second kappa shape index (κ2) is 11.5. The molecule has 0 aliphatic heterocycles. The minimum atomic E-state index is 0.918. The molecule has 0 unspecified atom stereocenters. The van der Waals surface area contributed by atoms with Crippen LogP contribution in [0.15, 0.2) is 17.0 Å². The molecule has 0 radical (unpaired) electrons. The Morgan fingerprint density at radius 2 is 1.76 bits per heavy atom. The molecule has 0 saturated carbocycles. The van der Waals surface area contributed by atoms with Crippen LogP contribution in [0, 0.1) is 0 Å². The van der Waals surface area contributed by atoms with Gasteiger partial charge in [-0.05, 0) is 19.3 Å². The number of rotatable bonds is 11. The summed E-state index contributed by atoms with van der Waals surface area (Å²) in [6, 6.07) is 0. The lowest BCUT2D eigenvalue weighted by Crippen LogP contribution is -2.14. The Morgan fingerprint density at radius 1 is 1.12 bits per heavy atom. The van der Waals surface area contributed by atoms with Crippen molar-refractivity contribution in [2.75, 3.05) is 6.54 Å². The van der Waals surface area contributed by atoms with E-state index in [0.717, 1.165) is 25.1 Å². The van der Waals surface area contributed by atoms with Gasteiger partial charge in [0, 0.05) is 25.2 Å². The summed E-state index contributed by atoms with van der Waals surface area (Å²) in [4.78, 5) is 0. The number of allylic oxidation sites excluding steroid dienone is 1. The highest BCUT2D eigenvalue weighted by Gasteiger charge is 1.98. The van der Waals surface area contributed by atoms with Crippen molar-refractivity contribution in [1.82, 2.24) is 5.01 Å². The molecule has 0 saturated heterocycles. The summed E-state index contributed by atoms with van der Waals surface area (Å²) in [5.74, 6) is 0. The predicted molar refractivity (Wildman–Crippen MR) is 76.8 cm³/mol. The second-order valence-electron chi connectivity index (χ2n) is 4.53. The minimum absolute atomic E-state index is 0.918. The normalized spacial score (nSPS) is 11.5. The Hall–Kier alpha value is -0.990. The summed E-state index contributed by atoms with van der Waals surface area (Å²) in [6.45, 7) is 8.93. The van der Waals surface area contributed by atoms with Gasteiger partial charge in [-0.25, -0.2) is 0 Å². The Morgan fingerprint density at radius 3 is 2.35 bits per heavy atom. The van der Waals surface area contributed by atoms with E-state index in [4.69, 9.17) is 5.73 Å². The van der Waals surface area contributed by atoms with Gasteiger partial charge in [0.1, 0.15) is 0 Å². The Kier molecular flexibility index (Phi) is 10.8. The third-order valence-electron chi connectivity index (χ3n) is 2.81. The number of unbranched alkanes of at least 4 members (excludes halogenated alkanes) is 5. The van der Waals surface area contributed by atoms with Crippen LogP contribution in [0.4, 0.5) is 0 Å². The molecule has 0 spiro atoms. The fourth-order valence-corrected chi connectivity index (χ4v) is 1.71. The van der Waals surface area contributed by atoms with E-state index in [1.54, 1.807) is 0 Å². The zero-order valence-electron chi connectivity index (χ0n) is 11.6. The van der Waals surface area contributed by atoms with E-state index in [0.29, 0.717) is 0 Å². The van der Waals surface area contributed by atoms with Gasteiger partial charge < -0.3 is 5.73 Å². The fourth-order valence-electron chi connectivity index (χ4n) is 1.71. The Labute approximate surface area is 107 Å². The number of nitrogens with two attached hydrogens (primary N) is 1. The van der Waals surface area contributed by atoms with E-state index in [1.807, 2.05) is 11.2 Å². The second-order valence-corrected chi connectivity index (χ2v) is 4.53. The van der Waals surface area contributed by atoms with Crippen molar-refractivity contribution in [2.24, 2.45) is 10.8 Å². The first kappa shape index (κ1) is 16.0. The van der Waals surface area contributed by atoms with Crippen molar-refractivity contribution in [3.8, 4) is 0 Å². The van der Waals surface area contributed by atoms with Crippen LogP contribution in [0.1, 0.15) is 65.2 Å². The SMILES string of the molecule is C=NN(/C=C(\N)CCCCC)CCCCCC. The average Bonchev–Trinajstić information content (AvgIpc) is 2.33.